The molecular weight excluding hydrogens is 316 g/mol. The zero-order valence-electron chi connectivity index (χ0n) is 9.01. The number of hydrogen-bond donors (Lipinski definition) is 1. The number of aromatic nitrogens is 1. The van der Waals surface area contributed by atoms with Crippen molar-refractivity contribution in [2.24, 2.45) is 0 Å². The molecule has 0 unspecified atom stereocenters. The van der Waals surface area contributed by atoms with Crippen LogP contribution in [0.25, 0.3) is 21.5 Å². The molecule has 0 atom stereocenters. The molecule has 0 bridgehead atoms. The fraction of sp³-hybridized carbons (Fsp3) is 0. The maximum absolute atomic E-state index is 11.8. The number of anilines is 1. The van der Waals surface area contributed by atoms with Gasteiger partial charge in [-0.2, -0.15) is 0 Å². The third-order valence-corrected chi connectivity index (χ3v) is 4.07. The summed E-state index contributed by atoms with van der Waals surface area (Å²) in [6, 6.07) is 5.24. The van der Waals surface area contributed by atoms with Crippen LogP contribution in [0.1, 0.15) is 0 Å². The molecule has 2 heterocycles. The molecule has 90 valence electrons. The first-order valence-electron chi connectivity index (χ1n) is 5.09. The second-order valence-electron chi connectivity index (χ2n) is 3.64. The summed E-state index contributed by atoms with van der Waals surface area (Å²) in [6.07, 6.45) is 1.69. The topological polar surface area (TPSA) is 69.1 Å². The maximum Gasteiger partial charge on any atom is 0.351 e. The number of rotatable bonds is 1. The van der Waals surface area contributed by atoms with E-state index in [2.05, 4.69) is 20.9 Å². The molecule has 0 aliphatic rings. The fourth-order valence-electron chi connectivity index (χ4n) is 1.80. The largest absolute Gasteiger partial charge is 0.422 e. The van der Waals surface area contributed by atoms with Crippen molar-refractivity contribution in [2.45, 2.75) is 0 Å². The van der Waals surface area contributed by atoms with E-state index in [0.717, 1.165) is 5.01 Å². The lowest BCUT2D eigenvalue weighted by atomic mass is 10.1. The van der Waals surface area contributed by atoms with E-state index in [0.29, 0.717) is 26.7 Å². The van der Waals surface area contributed by atoms with Gasteiger partial charge < -0.3 is 10.2 Å². The van der Waals surface area contributed by atoms with Crippen molar-refractivity contribution in [2.75, 3.05) is 5.73 Å². The van der Waals surface area contributed by atoms with Crippen molar-refractivity contribution in [1.82, 2.24) is 4.98 Å². The molecule has 2 N–H and O–H groups in total. The number of fused-ring (bicyclic) bond motifs is 1. The van der Waals surface area contributed by atoms with E-state index in [-0.39, 0.29) is 0 Å². The minimum atomic E-state index is -0.432. The minimum Gasteiger partial charge on any atom is -0.422 e. The van der Waals surface area contributed by atoms with Gasteiger partial charge in [0.2, 0.25) is 0 Å². The van der Waals surface area contributed by atoms with Crippen LogP contribution in [0.3, 0.4) is 0 Å². The molecular formula is C12H7BrN2O2S. The average Bonchev–Trinajstić information content (AvgIpc) is 2.85. The van der Waals surface area contributed by atoms with Gasteiger partial charge in [0.1, 0.15) is 15.1 Å². The van der Waals surface area contributed by atoms with E-state index in [1.165, 1.54) is 11.3 Å². The highest BCUT2D eigenvalue weighted by Gasteiger charge is 2.17. The summed E-state index contributed by atoms with van der Waals surface area (Å²) in [7, 11) is 0. The predicted molar refractivity (Wildman–Crippen MR) is 75.7 cm³/mol. The Bertz CT molecular complexity index is 781. The molecule has 2 aromatic heterocycles. The first-order valence-corrected chi connectivity index (χ1v) is 6.76. The van der Waals surface area contributed by atoms with Crippen LogP contribution in [0.2, 0.25) is 0 Å². The number of thiazole rings is 1. The molecule has 0 radical (unpaired) electrons. The van der Waals surface area contributed by atoms with Crippen LogP contribution in [-0.4, -0.2) is 4.98 Å². The number of nitrogens with two attached hydrogens (primary N) is 1. The van der Waals surface area contributed by atoms with Gasteiger partial charge in [-0.3, -0.25) is 0 Å². The SMILES string of the molecule is Nc1cccc2oc(=O)c(Br)c(-c3nccs3)c12. The molecule has 0 amide bonds. The van der Waals surface area contributed by atoms with Crippen molar-refractivity contribution in [3.63, 3.8) is 0 Å². The minimum absolute atomic E-state index is 0.350. The maximum atomic E-state index is 11.8. The Balaban J connectivity index is 2.55. The van der Waals surface area contributed by atoms with Crippen LogP contribution in [0, 0.1) is 0 Å². The highest BCUT2D eigenvalue weighted by molar-refractivity contribution is 9.10. The summed E-state index contributed by atoms with van der Waals surface area (Å²) in [5, 5.41) is 3.29. The normalized spacial score (nSPS) is 10.9. The number of benzene rings is 1. The molecule has 1 aromatic carbocycles. The van der Waals surface area contributed by atoms with Gasteiger partial charge in [0.15, 0.2) is 0 Å². The summed E-state index contributed by atoms with van der Waals surface area (Å²) in [6.45, 7) is 0. The van der Waals surface area contributed by atoms with Gasteiger partial charge in [-0.15, -0.1) is 11.3 Å². The quantitative estimate of drug-likeness (QED) is 0.551. The molecule has 6 heteroatoms. The standard InChI is InChI=1S/C12H7BrN2O2S/c13-10-9(11-15-4-5-18-11)8-6(14)2-1-3-7(8)17-12(10)16/h1-5H,14H2. The van der Waals surface area contributed by atoms with Gasteiger partial charge in [0.25, 0.3) is 0 Å². The molecule has 0 aliphatic heterocycles. The van der Waals surface area contributed by atoms with Crippen molar-refractivity contribution < 1.29 is 4.42 Å². The van der Waals surface area contributed by atoms with Crippen LogP contribution in [-0.2, 0) is 0 Å². The third kappa shape index (κ3) is 1.65. The zero-order chi connectivity index (χ0) is 12.7. The second-order valence-corrected chi connectivity index (χ2v) is 5.32. The Kier molecular flexibility index (Phi) is 2.68. The van der Waals surface area contributed by atoms with Crippen molar-refractivity contribution >= 4 is 43.9 Å². The third-order valence-electron chi connectivity index (χ3n) is 2.56. The van der Waals surface area contributed by atoms with Crippen molar-refractivity contribution in [3.8, 4) is 10.6 Å². The van der Waals surface area contributed by atoms with Crippen molar-refractivity contribution in [3.05, 3.63) is 44.7 Å². The molecule has 0 fully saturated rings. The predicted octanol–water partition coefficient (Wildman–Crippen LogP) is 3.26. The Labute approximate surface area is 114 Å². The molecule has 3 rings (SSSR count). The molecule has 4 nitrogen and oxygen atoms in total. The van der Waals surface area contributed by atoms with Gasteiger partial charge >= 0.3 is 5.63 Å². The van der Waals surface area contributed by atoms with Crippen LogP contribution < -0.4 is 11.4 Å². The highest BCUT2D eigenvalue weighted by atomic mass is 79.9. The van der Waals surface area contributed by atoms with Gasteiger partial charge in [0, 0.05) is 22.8 Å². The van der Waals surface area contributed by atoms with E-state index >= 15 is 0 Å². The van der Waals surface area contributed by atoms with E-state index in [4.69, 9.17) is 10.2 Å². The van der Waals surface area contributed by atoms with Crippen LogP contribution in [0.4, 0.5) is 5.69 Å². The smallest absolute Gasteiger partial charge is 0.351 e. The first kappa shape index (κ1) is 11.4. The summed E-state index contributed by atoms with van der Waals surface area (Å²) < 4.78 is 5.56. The van der Waals surface area contributed by atoms with E-state index in [1.54, 1.807) is 24.4 Å². The first-order chi connectivity index (χ1) is 8.68. The van der Waals surface area contributed by atoms with Gasteiger partial charge in [-0.25, -0.2) is 9.78 Å². The van der Waals surface area contributed by atoms with E-state index in [1.807, 2.05) is 5.38 Å². The Morgan fingerprint density at radius 1 is 1.39 bits per heavy atom. The number of nitrogens with zero attached hydrogens (tertiary/aromatic N) is 1. The summed E-state index contributed by atoms with van der Waals surface area (Å²) in [5.41, 5.74) is 7.26. The fourth-order valence-corrected chi connectivity index (χ4v) is 3.10. The lowest BCUT2D eigenvalue weighted by Crippen LogP contribution is -2.03. The monoisotopic (exact) mass is 322 g/mol. The van der Waals surface area contributed by atoms with Crippen LogP contribution >= 0.6 is 27.3 Å². The van der Waals surface area contributed by atoms with E-state index < -0.39 is 5.63 Å². The highest BCUT2D eigenvalue weighted by Crippen LogP contribution is 2.37. The summed E-state index contributed by atoms with van der Waals surface area (Å²) in [5.74, 6) is 0. The second kappa shape index (κ2) is 4.22. The van der Waals surface area contributed by atoms with Gasteiger partial charge in [-0.05, 0) is 28.1 Å². The Hall–Kier alpha value is -1.66. The summed E-state index contributed by atoms with van der Waals surface area (Å²) in [4.78, 5) is 16.0. The number of nitrogen functional groups attached to an aromatic ring is 1. The molecule has 18 heavy (non-hydrogen) atoms. The van der Waals surface area contributed by atoms with Crippen molar-refractivity contribution in [1.29, 1.82) is 0 Å². The van der Waals surface area contributed by atoms with Gasteiger partial charge in [0.05, 0.1) is 5.39 Å². The zero-order valence-corrected chi connectivity index (χ0v) is 11.4. The van der Waals surface area contributed by atoms with Gasteiger partial charge in [-0.1, -0.05) is 6.07 Å². The Morgan fingerprint density at radius 3 is 2.94 bits per heavy atom. The Morgan fingerprint density at radius 2 is 2.22 bits per heavy atom. The molecule has 0 aliphatic carbocycles. The lowest BCUT2D eigenvalue weighted by molar-refractivity contribution is 0.557. The lowest BCUT2D eigenvalue weighted by Gasteiger charge is -2.07. The number of halogens is 1. The number of hydrogen-bond acceptors (Lipinski definition) is 5. The van der Waals surface area contributed by atoms with E-state index in [9.17, 15) is 4.79 Å². The van der Waals surface area contributed by atoms with Crippen LogP contribution in [0.5, 0.6) is 0 Å². The molecule has 0 saturated carbocycles. The summed E-state index contributed by atoms with van der Waals surface area (Å²) >= 11 is 4.71. The molecule has 3 aromatic rings. The molecule has 0 saturated heterocycles. The molecule has 0 spiro atoms. The average molecular weight is 323 g/mol. The van der Waals surface area contributed by atoms with Crippen LogP contribution in [0.15, 0.2) is 43.5 Å².